The number of benzene rings is 1. The highest BCUT2D eigenvalue weighted by Crippen LogP contribution is 2.52. The lowest BCUT2D eigenvalue weighted by Crippen LogP contribution is -2.48. The van der Waals surface area contributed by atoms with E-state index in [1.165, 1.54) is 24.0 Å². The molecule has 0 N–H and O–H groups in total. The minimum atomic E-state index is -0.0691. The van der Waals surface area contributed by atoms with Crippen LogP contribution in [0.1, 0.15) is 71.5 Å². The fourth-order valence-corrected chi connectivity index (χ4v) is 5.93. The lowest BCUT2D eigenvalue weighted by molar-refractivity contribution is 0.0595. The van der Waals surface area contributed by atoms with E-state index in [4.69, 9.17) is 9.47 Å². The van der Waals surface area contributed by atoms with Gasteiger partial charge >= 0.3 is 0 Å². The molecular formula is C25H28N4O3. The molecule has 6 rings (SSSR count). The number of ether oxygens (including phenoxy) is 2. The molecule has 3 aliphatic rings. The summed E-state index contributed by atoms with van der Waals surface area (Å²) in [5.41, 5.74) is 5.53. The van der Waals surface area contributed by atoms with E-state index in [0.717, 1.165) is 35.7 Å². The van der Waals surface area contributed by atoms with Crippen molar-refractivity contribution in [2.24, 2.45) is 0 Å². The number of hydrogen-bond donors (Lipinski definition) is 0. The predicted molar refractivity (Wildman–Crippen MR) is 119 cm³/mol. The van der Waals surface area contributed by atoms with Crippen molar-refractivity contribution in [3.63, 3.8) is 0 Å². The molecule has 1 spiro atoms. The average molecular weight is 433 g/mol. The first-order valence-electron chi connectivity index (χ1n) is 11.5. The van der Waals surface area contributed by atoms with Crippen LogP contribution in [0.25, 0.3) is 5.65 Å². The van der Waals surface area contributed by atoms with Gasteiger partial charge in [-0.3, -0.25) is 4.79 Å². The number of carbonyl (C=O) groups excluding carboxylic acids is 1. The summed E-state index contributed by atoms with van der Waals surface area (Å²) in [5.74, 6) is 1.62. The molecule has 7 heteroatoms. The second-order valence-corrected chi connectivity index (χ2v) is 9.51. The summed E-state index contributed by atoms with van der Waals surface area (Å²) in [6, 6.07) is 6.21. The molecule has 1 aliphatic carbocycles. The lowest BCUT2D eigenvalue weighted by Gasteiger charge is -2.46. The predicted octanol–water partition coefficient (Wildman–Crippen LogP) is 4.15. The maximum absolute atomic E-state index is 13.9. The smallest absolute Gasteiger partial charge is 0.259 e. The van der Waals surface area contributed by atoms with Gasteiger partial charge in [0, 0.05) is 23.3 Å². The van der Waals surface area contributed by atoms with Crippen LogP contribution in [0.4, 0.5) is 0 Å². The van der Waals surface area contributed by atoms with E-state index < -0.39 is 0 Å². The van der Waals surface area contributed by atoms with E-state index >= 15 is 0 Å². The summed E-state index contributed by atoms with van der Waals surface area (Å²) in [5, 5.41) is 4.46. The Bertz CT molecular complexity index is 1240. The van der Waals surface area contributed by atoms with E-state index in [9.17, 15) is 4.79 Å². The Morgan fingerprint density at radius 1 is 1.09 bits per heavy atom. The number of rotatable bonds is 1. The zero-order chi connectivity index (χ0) is 22.0. The summed E-state index contributed by atoms with van der Waals surface area (Å²) in [6.07, 6.45) is 6.20. The molecule has 1 aromatic carbocycles. The molecular weight excluding hydrogens is 404 g/mol. The first kappa shape index (κ1) is 19.6. The Kier molecular flexibility index (Phi) is 4.26. The Balaban J connectivity index is 1.47. The van der Waals surface area contributed by atoms with Crippen molar-refractivity contribution in [3.8, 4) is 11.5 Å². The van der Waals surface area contributed by atoms with Gasteiger partial charge in [-0.1, -0.05) is 12.8 Å². The SMILES string of the molecule is Cc1cc(C)n2ncc(C(=O)N3CC4(CCCC4)c4cc5c(cc4[C@H]3C)OCCO5)c2n1. The molecule has 0 radical (unpaired) electrons. The van der Waals surface area contributed by atoms with E-state index in [1.54, 1.807) is 10.7 Å². The number of carbonyl (C=O) groups is 1. The minimum absolute atomic E-state index is 0.00295. The third-order valence-electron chi connectivity index (χ3n) is 7.51. The summed E-state index contributed by atoms with van der Waals surface area (Å²) in [7, 11) is 0. The molecule has 1 fully saturated rings. The summed E-state index contributed by atoms with van der Waals surface area (Å²) < 4.78 is 13.6. The van der Waals surface area contributed by atoms with Gasteiger partial charge in [0.1, 0.15) is 18.8 Å². The van der Waals surface area contributed by atoms with E-state index in [-0.39, 0.29) is 17.4 Å². The molecule has 1 atom stereocenters. The van der Waals surface area contributed by atoms with Gasteiger partial charge in [-0.25, -0.2) is 9.50 Å². The van der Waals surface area contributed by atoms with Crippen LogP contribution in [-0.4, -0.2) is 45.2 Å². The zero-order valence-corrected chi connectivity index (χ0v) is 18.9. The average Bonchev–Trinajstić information content (AvgIpc) is 3.43. The molecule has 4 heterocycles. The zero-order valence-electron chi connectivity index (χ0n) is 18.9. The van der Waals surface area contributed by atoms with Crippen molar-refractivity contribution in [3.05, 3.63) is 52.5 Å². The third-order valence-corrected chi connectivity index (χ3v) is 7.51. The van der Waals surface area contributed by atoms with Gasteiger partial charge in [-0.05, 0) is 62.9 Å². The Hall–Kier alpha value is -3.09. The largest absolute Gasteiger partial charge is 0.486 e. The molecule has 32 heavy (non-hydrogen) atoms. The molecule has 0 unspecified atom stereocenters. The maximum atomic E-state index is 13.9. The Morgan fingerprint density at radius 2 is 1.81 bits per heavy atom. The monoisotopic (exact) mass is 432 g/mol. The van der Waals surface area contributed by atoms with Crippen LogP contribution in [0, 0.1) is 13.8 Å². The highest BCUT2D eigenvalue weighted by Gasteiger charge is 2.46. The number of aryl methyl sites for hydroxylation is 2. The molecule has 1 amide bonds. The van der Waals surface area contributed by atoms with E-state index in [1.807, 2.05) is 24.8 Å². The minimum Gasteiger partial charge on any atom is -0.486 e. The highest BCUT2D eigenvalue weighted by molar-refractivity contribution is 6.00. The number of fused-ring (bicyclic) bond motifs is 4. The van der Waals surface area contributed by atoms with Gasteiger partial charge < -0.3 is 14.4 Å². The molecule has 2 aliphatic heterocycles. The van der Waals surface area contributed by atoms with Crippen molar-refractivity contribution < 1.29 is 14.3 Å². The van der Waals surface area contributed by atoms with Crippen molar-refractivity contribution in [1.82, 2.24) is 19.5 Å². The lowest BCUT2D eigenvalue weighted by atomic mass is 9.71. The second-order valence-electron chi connectivity index (χ2n) is 9.51. The fraction of sp³-hybridized carbons (Fsp3) is 0.480. The van der Waals surface area contributed by atoms with E-state index in [2.05, 4.69) is 29.1 Å². The van der Waals surface area contributed by atoms with Gasteiger partial charge in [-0.2, -0.15) is 5.10 Å². The van der Waals surface area contributed by atoms with Gasteiger partial charge in [-0.15, -0.1) is 0 Å². The first-order chi connectivity index (χ1) is 15.5. The Morgan fingerprint density at radius 3 is 2.56 bits per heavy atom. The van der Waals surface area contributed by atoms with Crippen LogP contribution in [0.5, 0.6) is 11.5 Å². The third kappa shape index (κ3) is 2.76. The van der Waals surface area contributed by atoms with Gasteiger partial charge in [0.25, 0.3) is 5.91 Å². The molecule has 7 nitrogen and oxygen atoms in total. The maximum Gasteiger partial charge on any atom is 0.259 e. The molecule has 166 valence electrons. The van der Waals surface area contributed by atoms with Crippen LogP contribution >= 0.6 is 0 Å². The molecule has 0 saturated heterocycles. The second kappa shape index (κ2) is 6.95. The van der Waals surface area contributed by atoms with Crippen molar-refractivity contribution >= 4 is 11.6 Å². The quantitative estimate of drug-likeness (QED) is 0.578. The number of hydrogen-bond acceptors (Lipinski definition) is 5. The van der Waals surface area contributed by atoms with Crippen LogP contribution in [0.3, 0.4) is 0 Å². The fourth-order valence-electron chi connectivity index (χ4n) is 5.93. The Labute approximate surface area is 187 Å². The van der Waals surface area contributed by atoms with Crippen molar-refractivity contribution in [2.75, 3.05) is 19.8 Å². The topological polar surface area (TPSA) is 69.0 Å². The van der Waals surface area contributed by atoms with Gasteiger partial charge in [0.2, 0.25) is 0 Å². The highest BCUT2D eigenvalue weighted by atomic mass is 16.6. The van der Waals surface area contributed by atoms with Crippen LogP contribution in [-0.2, 0) is 5.41 Å². The number of amides is 1. The molecule has 1 saturated carbocycles. The van der Waals surface area contributed by atoms with Gasteiger partial charge in [0.05, 0.1) is 12.2 Å². The van der Waals surface area contributed by atoms with Crippen molar-refractivity contribution in [1.29, 1.82) is 0 Å². The standard InChI is InChI=1S/C25H28N4O3/c1-15-10-16(2)29-23(27-15)19(13-26-29)24(30)28-14-25(6-4-5-7-25)20-12-22-21(31-8-9-32-22)11-18(20)17(28)3/h10-13,17H,4-9,14H2,1-3H3/t17-/m1/s1. The normalized spacial score (nSPS) is 21.2. The van der Waals surface area contributed by atoms with E-state index in [0.29, 0.717) is 31.0 Å². The van der Waals surface area contributed by atoms with Crippen LogP contribution in [0.2, 0.25) is 0 Å². The van der Waals surface area contributed by atoms with Crippen LogP contribution in [0.15, 0.2) is 24.4 Å². The number of nitrogens with zero attached hydrogens (tertiary/aromatic N) is 4. The summed E-state index contributed by atoms with van der Waals surface area (Å²) in [4.78, 5) is 20.6. The molecule has 3 aromatic rings. The molecule has 0 bridgehead atoms. The summed E-state index contributed by atoms with van der Waals surface area (Å²) in [6.45, 7) is 7.90. The molecule has 2 aromatic heterocycles. The first-order valence-corrected chi connectivity index (χ1v) is 11.5. The van der Waals surface area contributed by atoms with Crippen molar-refractivity contribution in [2.45, 2.75) is 57.9 Å². The van der Waals surface area contributed by atoms with Crippen LogP contribution < -0.4 is 9.47 Å². The number of aromatic nitrogens is 3. The summed E-state index contributed by atoms with van der Waals surface area (Å²) >= 11 is 0. The van der Waals surface area contributed by atoms with Gasteiger partial charge in [0.15, 0.2) is 17.1 Å².